The summed E-state index contributed by atoms with van der Waals surface area (Å²) in [5.74, 6) is 3.08. The second-order valence-electron chi connectivity index (χ2n) is 8.62. The summed E-state index contributed by atoms with van der Waals surface area (Å²) in [6.07, 6.45) is 0. The largest absolute Gasteiger partial charge is 0.497 e. The quantitative estimate of drug-likeness (QED) is 0.389. The number of para-hydroxylation sites is 1. The SMILES string of the molecule is COc1cccc(C(=O)N2CCN(c3ccc4cccc(-c5ccc(OC)cc5OC)c4n3)CC2)c1. The van der Waals surface area contributed by atoms with Gasteiger partial charge in [-0.3, -0.25) is 4.79 Å². The first-order valence-corrected chi connectivity index (χ1v) is 11.9. The fourth-order valence-electron chi connectivity index (χ4n) is 4.63. The van der Waals surface area contributed by atoms with E-state index in [4.69, 9.17) is 19.2 Å². The Morgan fingerprint density at radius 2 is 1.50 bits per heavy atom. The average molecular weight is 484 g/mol. The standard InChI is InChI=1S/C29H29N3O4/c1-34-22-8-4-7-21(18-22)29(33)32-16-14-31(15-17-32)27-13-10-20-6-5-9-25(28(20)30-27)24-12-11-23(35-2)19-26(24)36-3/h4-13,18-19H,14-17H2,1-3H3. The zero-order valence-corrected chi connectivity index (χ0v) is 20.7. The molecule has 7 heteroatoms. The maximum Gasteiger partial charge on any atom is 0.254 e. The van der Waals surface area contributed by atoms with Gasteiger partial charge in [-0.2, -0.15) is 0 Å². The minimum absolute atomic E-state index is 0.0221. The van der Waals surface area contributed by atoms with E-state index in [9.17, 15) is 4.79 Å². The number of hydrogen-bond acceptors (Lipinski definition) is 6. The molecule has 1 aromatic heterocycles. The molecule has 7 nitrogen and oxygen atoms in total. The van der Waals surface area contributed by atoms with Crippen molar-refractivity contribution in [3.8, 4) is 28.4 Å². The van der Waals surface area contributed by atoms with Crippen molar-refractivity contribution in [2.24, 2.45) is 0 Å². The van der Waals surface area contributed by atoms with Crippen molar-refractivity contribution in [2.45, 2.75) is 0 Å². The Morgan fingerprint density at radius 1 is 0.750 bits per heavy atom. The molecule has 1 saturated heterocycles. The topological polar surface area (TPSA) is 64.1 Å². The number of carbonyl (C=O) groups is 1. The van der Waals surface area contributed by atoms with Crippen LogP contribution in [0.25, 0.3) is 22.0 Å². The summed E-state index contributed by atoms with van der Waals surface area (Å²) in [6.45, 7) is 2.68. The lowest BCUT2D eigenvalue weighted by molar-refractivity contribution is 0.0746. The smallest absolute Gasteiger partial charge is 0.254 e. The summed E-state index contributed by atoms with van der Waals surface area (Å²) in [4.78, 5) is 22.2. The lowest BCUT2D eigenvalue weighted by Gasteiger charge is -2.35. The minimum Gasteiger partial charge on any atom is -0.497 e. The van der Waals surface area contributed by atoms with Crippen molar-refractivity contribution in [2.75, 3.05) is 52.4 Å². The summed E-state index contributed by atoms with van der Waals surface area (Å²) >= 11 is 0. The van der Waals surface area contributed by atoms with Crippen LogP contribution in [0, 0.1) is 0 Å². The Balaban J connectivity index is 1.39. The van der Waals surface area contributed by atoms with Crippen LogP contribution in [0.15, 0.2) is 72.8 Å². The Labute approximate surface area is 210 Å². The number of amides is 1. The van der Waals surface area contributed by atoms with Crippen molar-refractivity contribution in [1.82, 2.24) is 9.88 Å². The van der Waals surface area contributed by atoms with Crippen molar-refractivity contribution in [1.29, 1.82) is 0 Å². The van der Waals surface area contributed by atoms with Crippen LogP contribution in [0.2, 0.25) is 0 Å². The molecule has 5 rings (SSSR count). The number of hydrogen-bond donors (Lipinski definition) is 0. The van der Waals surface area contributed by atoms with Gasteiger partial charge in [-0.1, -0.05) is 24.3 Å². The predicted octanol–water partition coefficient (Wildman–Crippen LogP) is 4.89. The number of rotatable bonds is 6. The first-order chi connectivity index (χ1) is 17.6. The van der Waals surface area contributed by atoms with Crippen LogP contribution in [0.5, 0.6) is 17.2 Å². The molecule has 4 aromatic rings. The van der Waals surface area contributed by atoms with Crippen LogP contribution >= 0.6 is 0 Å². The molecule has 1 amide bonds. The molecule has 0 spiro atoms. The number of fused-ring (bicyclic) bond motifs is 1. The normalized spacial score (nSPS) is 13.5. The fraction of sp³-hybridized carbons (Fsp3) is 0.241. The molecule has 1 aliphatic rings. The van der Waals surface area contributed by atoms with E-state index in [-0.39, 0.29) is 5.91 Å². The first kappa shape index (κ1) is 23.5. The Hall–Kier alpha value is -4.26. The molecule has 0 N–H and O–H groups in total. The lowest BCUT2D eigenvalue weighted by atomic mass is 10.0. The number of pyridine rings is 1. The average Bonchev–Trinajstić information content (AvgIpc) is 2.96. The first-order valence-electron chi connectivity index (χ1n) is 11.9. The van der Waals surface area contributed by atoms with E-state index in [1.807, 2.05) is 47.4 Å². The van der Waals surface area contributed by atoms with E-state index in [1.54, 1.807) is 27.4 Å². The molecule has 36 heavy (non-hydrogen) atoms. The van der Waals surface area contributed by atoms with Gasteiger partial charge in [0.05, 0.1) is 26.8 Å². The summed E-state index contributed by atoms with van der Waals surface area (Å²) in [5, 5.41) is 1.06. The molecule has 0 atom stereocenters. The number of ether oxygens (including phenoxy) is 3. The fourth-order valence-corrected chi connectivity index (χ4v) is 4.63. The van der Waals surface area contributed by atoms with E-state index in [0.29, 0.717) is 37.5 Å². The third-order valence-electron chi connectivity index (χ3n) is 6.61. The predicted molar refractivity (Wildman–Crippen MR) is 141 cm³/mol. The highest BCUT2D eigenvalue weighted by molar-refractivity contribution is 5.96. The number of carbonyl (C=O) groups excluding carboxylic acids is 1. The highest BCUT2D eigenvalue weighted by Crippen LogP contribution is 2.37. The van der Waals surface area contributed by atoms with Crippen LogP contribution in [0.3, 0.4) is 0 Å². The number of anilines is 1. The van der Waals surface area contributed by atoms with Crippen LogP contribution in [-0.2, 0) is 0 Å². The summed E-state index contributed by atoms with van der Waals surface area (Å²) < 4.78 is 16.3. The molecule has 2 heterocycles. The van der Waals surface area contributed by atoms with Gasteiger partial charge in [-0.15, -0.1) is 0 Å². The highest BCUT2D eigenvalue weighted by Gasteiger charge is 2.23. The monoisotopic (exact) mass is 483 g/mol. The van der Waals surface area contributed by atoms with Gasteiger partial charge >= 0.3 is 0 Å². The second kappa shape index (κ2) is 10.2. The molecule has 0 aliphatic carbocycles. The zero-order chi connectivity index (χ0) is 25.1. The van der Waals surface area contributed by atoms with Crippen LogP contribution < -0.4 is 19.1 Å². The molecule has 0 bridgehead atoms. The molecule has 0 radical (unpaired) electrons. The minimum atomic E-state index is 0.0221. The zero-order valence-electron chi connectivity index (χ0n) is 20.7. The van der Waals surface area contributed by atoms with Crippen LogP contribution in [-0.4, -0.2) is 63.3 Å². The van der Waals surface area contributed by atoms with E-state index in [1.165, 1.54) is 0 Å². The van der Waals surface area contributed by atoms with E-state index < -0.39 is 0 Å². The van der Waals surface area contributed by atoms with Crippen molar-refractivity contribution in [3.63, 3.8) is 0 Å². The molecule has 0 saturated carbocycles. The van der Waals surface area contributed by atoms with Crippen molar-refractivity contribution < 1.29 is 19.0 Å². The van der Waals surface area contributed by atoms with E-state index in [2.05, 4.69) is 29.2 Å². The van der Waals surface area contributed by atoms with Crippen LogP contribution in [0.1, 0.15) is 10.4 Å². The molecule has 184 valence electrons. The maximum atomic E-state index is 13.0. The lowest BCUT2D eigenvalue weighted by Crippen LogP contribution is -2.49. The van der Waals surface area contributed by atoms with Gasteiger partial charge in [0, 0.05) is 54.3 Å². The molecule has 1 aliphatic heterocycles. The number of nitrogens with zero attached hydrogens (tertiary/aromatic N) is 3. The molecular formula is C29H29N3O4. The van der Waals surface area contributed by atoms with E-state index >= 15 is 0 Å². The number of benzene rings is 3. The van der Waals surface area contributed by atoms with Gasteiger partial charge < -0.3 is 24.0 Å². The van der Waals surface area contributed by atoms with Gasteiger partial charge in [0.25, 0.3) is 5.91 Å². The Kier molecular flexibility index (Phi) is 6.62. The van der Waals surface area contributed by atoms with E-state index in [0.717, 1.165) is 39.3 Å². The molecular weight excluding hydrogens is 454 g/mol. The summed E-state index contributed by atoms with van der Waals surface area (Å²) in [5.41, 5.74) is 3.51. The van der Waals surface area contributed by atoms with Crippen molar-refractivity contribution in [3.05, 3.63) is 78.4 Å². The second-order valence-corrected chi connectivity index (χ2v) is 8.62. The van der Waals surface area contributed by atoms with Gasteiger partial charge in [-0.05, 0) is 42.5 Å². The Morgan fingerprint density at radius 3 is 2.25 bits per heavy atom. The Bertz CT molecular complexity index is 1400. The summed E-state index contributed by atoms with van der Waals surface area (Å²) in [7, 11) is 4.91. The molecule has 3 aromatic carbocycles. The number of methoxy groups -OCH3 is 3. The van der Waals surface area contributed by atoms with Crippen LogP contribution in [0.4, 0.5) is 5.82 Å². The third-order valence-corrected chi connectivity index (χ3v) is 6.61. The van der Waals surface area contributed by atoms with Gasteiger partial charge in [0.2, 0.25) is 0 Å². The number of aromatic nitrogens is 1. The van der Waals surface area contributed by atoms with Crippen molar-refractivity contribution >= 4 is 22.6 Å². The highest BCUT2D eigenvalue weighted by atomic mass is 16.5. The molecule has 0 unspecified atom stereocenters. The van der Waals surface area contributed by atoms with Gasteiger partial charge in [0.15, 0.2) is 0 Å². The molecule has 1 fully saturated rings. The van der Waals surface area contributed by atoms with Gasteiger partial charge in [0.1, 0.15) is 23.1 Å². The summed E-state index contributed by atoms with van der Waals surface area (Å²) in [6, 6.07) is 23.4. The third kappa shape index (κ3) is 4.52. The van der Waals surface area contributed by atoms with Gasteiger partial charge in [-0.25, -0.2) is 4.98 Å². The number of piperazine rings is 1. The maximum absolute atomic E-state index is 13.0.